The largest absolute Gasteiger partial charge is 0.490 e. The SMILES string of the molecule is CCOc1ccc(CCNS(=O)(=O)c2ccc(F)c(C#N)c2)cc1OCC. The summed E-state index contributed by atoms with van der Waals surface area (Å²) in [4.78, 5) is -0.151. The van der Waals surface area contributed by atoms with Crippen LogP contribution in [-0.4, -0.2) is 28.2 Å². The molecule has 0 aromatic heterocycles. The summed E-state index contributed by atoms with van der Waals surface area (Å²) >= 11 is 0. The first-order chi connectivity index (χ1) is 12.9. The molecule has 0 radical (unpaired) electrons. The van der Waals surface area contributed by atoms with E-state index >= 15 is 0 Å². The molecule has 0 aliphatic carbocycles. The number of ether oxygens (including phenoxy) is 2. The molecule has 8 heteroatoms. The highest BCUT2D eigenvalue weighted by molar-refractivity contribution is 7.89. The molecule has 2 rings (SSSR count). The first-order valence-electron chi connectivity index (χ1n) is 8.49. The van der Waals surface area contributed by atoms with Gasteiger partial charge in [-0.05, 0) is 56.2 Å². The van der Waals surface area contributed by atoms with Gasteiger partial charge in [0.25, 0.3) is 0 Å². The first-order valence-corrected chi connectivity index (χ1v) is 9.97. The lowest BCUT2D eigenvalue weighted by Crippen LogP contribution is -2.26. The van der Waals surface area contributed by atoms with Crippen LogP contribution in [0.2, 0.25) is 0 Å². The molecule has 27 heavy (non-hydrogen) atoms. The molecule has 2 aromatic rings. The molecule has 6 nitrogen and oxygen atoms in total. The summed E-state index contributed by atoms with van der Waals surface area (Å²) in [5, 5.41) is 8.84. The highest BCUT2D eigenvalue weighted by Gasteiger charge is 2.16. The van der Waals surface area contributed by atoms with Crippen molar-refractivity contribution in [2.24, 2.45) is 0 Å². The standard InChI is InChI=1S/C19H21FN2O4S/c1-3-25-18-8-5-14(11-19(18)26-4-2)9-10-22-27(23,24)16-6-7-17(20)15(12-16)13-21/h5-8,11-12,22H,3-4,9-10H2,1-2H3. The molecule has 0 amide bonds. The second-order valence-electron chi connectivity index (χ2n) is 5.55. The molecule has 0 spiro atoms. The summed E-state index contributed by atoms with van der Waals surface area (Å²) in [6.45, 7) is 4.89. The Morgan fingerprint density at radius 1 is 1.07 bits per heavy atom. The van der Waals surface area contributed by atoms with Gasteiger partial charge in [0.1, 0.15) is 11.9 Å². The van der Waals surface area contributed by atoms with Crippen LogP contribution in [-0.2, 0) is 16.4 Å². The lowest BCUT2D eigenvalue weighted by atomic mass is 10.1. The average Bonchev–Trinajstić information content (AvgIpc) is 2.64. The molecule has 0 fully saturated rings. The van der Waals surface area contributed by atoms with E-state index in [0.717, 1.165) is 23.8 Å². The third kappa shape index (κ3) is 5.42. The third-order valence-electron chi connectivity index (χ3n) is 3.68. The number of nitriles is 1. The lowest BCUT2D eigenvalue weighted by Gasteiger charge is -2.13. The Bertz CT molecular complexity index is 939. The van der Waals surface area contributed by atoms with Gasteiger partial charge in [0.2, 0.25) is 10.0 Å². The minimum absolute atomic E-state index is 0.140. The van der Waals surface area contributed by atoms with Crippen molar-refractivity contribution in [3.8, 4) is 17.6 Å². The van der Waals surface area contributed by atoms with E-state index in [1.165, 1.54) is 0 Å². The highest BCUT2D eigenvalue weighted by Crippen LogP contribution is 2.28. The number of sulfonamides is 1. The number of hydrogen-bond donors (Lipinski definition) is 1. The summed E-state index contributed by atoms with van der Waals surface area (Å²) in [6, 6.07) is 10.2. The Kier molecular flexibility index (Phi) is 7.16. The Balaban J connectivity index is 2.07. The second kappa shape index (κ2) is 9.35. The molecule has 0 bridgehead atoms. The Hall–Kier alpha value is -2.63. The summed E-state index contributed by atoms with van der Waals surface area (Å²) in [7, 11) is -3.84. The normalized spacial score (nSPS) is 11.0. The van der Waals surface area contributed by atoms with E-state index in [2.05, 4.69) is 4.72 Å². The molecular formula is C19H21FN2O4S. The fourth-order valence-electron chi connectivity index (χ4n) is 2.42. The molecule has 0 saturated carbocycles. The van der Waals surface area contributed by atoms with E-state index in [4.69, 9.17) is 14.7 Å². The minimum atomic E-state index is -3.84. The van der Waals surface area contributed by atoms with E-state index in [1.54, 1.807) is 12.1 Å². The topological polar surface area (TPSA) is 88.4 Å². The van der Waals surface area contributed by atoms with E-state index in [9.17, 15) is 12.8 Å². The quantitative estimate of drug-likeness (QED) is 0.709. The van der Waals surface area contributed by atoms with Gasteiger partial charge in [0.05, 0.1) is 23.7 Å². The van der Waals surface area contributed by atoms with E-state index in [0.29, 0.717) is 31.1 Å². The lowest BCUT2D eigenvalue weighted by molar-refractivity contribution is 0.287. The van der Waals surface area contributed by atoms with Crippen LogP contribution >= 0.6 is 0 Å². The van der Waals surface area contributed by atoms with Crippen LogP contribution in [0.3, 0.4) is 0 Å². The Morgan fingerprint density at radius 2 is 1.78 bits per heavy atom. The van der Waals surface area contributed by atoms with Crippen molar-refractivity contribution in [3.05, 3.63) is 53.3 Å². The maximum Gasteiger partial charge on any atom is 0.240 e. The fraction of sp³-hybridized carbons (Fsp3) is 0.316. The van der Waals surface area contributed by atoms with Crippen molar-refractivity contribution < 1.29 is 22.3 Å². The number of hydrogen-bond acceptors (Lipinski definition) is 5. The van der Waals surface area contributed by atoms with E-state index in [-0.39, 0.29) is 17.0 Å². The minimum Gasteiger partial charge on any atom is -0.490 e. The van der Waals surface area contributed by atoms with Crippen molar-refractivity contribution in [3.63, 3.8) is 0 Å². The molecule has 0 saturated heterocycles. The van der Waals surface area contributed by atoms with Gasteiger partial charge < -0.3 is 9.47 Å². The van der Waals surface area contributed by atoms with Gasteiger partial charge in [-0.15, -0.1) is 0 Å². The molecule has 144 valence electrons. The Morgan fingerprint density at radius 3 is 2.44 bits per heavy atom. The monoisotopic (exact) mass is 392 g/mol. The maximum absolute atomic E-state index is 13.4. The Labute approximate surface area is 158 Å². The molecule has 0 aliphatic heterocycles. The van der Waals surface area contributed by atoms with Gasteiger partial charge >= 0.3 is 0 Å². The van der Waals surface area contributed by atoms with Gasteiger partial charge in [-0.25, -0.2) is 17.5 Å². The highest BCUT2D eigenvalue weighted by atomic mass is 32.2. The first kappa shape index (κ1) is 20.7. The smallest absolute Gasteiger partial charge is 0.240 e. The zero-order chi connectivity index (χ0) is 19.9. The zero-order valence-electron chi connectivity index (χ0n) is 15.2. The average molecular weight is 392 g/mol. The summed E-state index contributed by atoms with van der Waals surface area (Å²) < 4.78 is 51.5. The molecule has 1 N–H and O–H groups in total. The van der Waals surface area contributed by atoms with Crippen molar-refractivity contribution in [1.29, 1.82) is 5.26 Å². The summed E-state index contributed by atoms with van der Waals surface area (Å²) in [5.74, 6) is 0.491. The van der Waals surface area contributed by atoms with Gasteiger partial charge in [-0.3, -0.25) is 0 Å². The van der Waals surface area contributed by atoms with E-state index < -0.39 is 15.8 Å². The van der Waals surface area contributed by atoms with Crippen molar-refractivity contribution >= 4 is 10.0 Å². The second-order valence-corrected chi connectivity index (χ2v) is 7.32. The van der Waals surface area contributed by atoms with Gasteiger partial charge in [-0.2, -0.15) is 5.26 Å². The number of nitrogens with one attached hydrogen (secondary N) is 1. The molecule has 0 atom stereocenters. The van der Waals surface area contributed by atoms with Crippen LogP contribution in [0.1, 0.15) is 25.0 Å². The van der Waals surface area contributed by atoms with Gasteiger partial charge in [0, 0.05) is 6.54 Å². The van der Waals surface area contributed by atoms with Crippen molar-refractivity contribution in [1.82, 2.24) is 4.72 Å². The molecule has 0 aliphatic rings. The van der Waals surface area contributed by atoms with Crippen LogP contribution < -0.4 is 14.2 Å². The number of benzene rings is 2. The van der Waals surface area contributed by atoms with Crippen LogP contribution in [0, 0.1) is 17.1 Å². The van der Waals surface area contributed by atoms with Crippen LogP contribution in [0.25, 0.3) is 0 Å². The summed E-state index contributed by atoms with van der Waals surface area (Å²) in [6.07, 6.45) is 0.429. The zero-order valence-corrected chi connectivity index (χ0v) is 16.0. The van der Waals surface area contributed by atoms with Gasteiger partial charge in [0.15, 0.2) is 11.5 Å². The van der Waals surface area contributed by atoms with E-state index in [1.807, 2.05) is 26.0 Å². The predicted octanol–water partition coefficient (Wildman–Crippen LogP) is 3.02. The van der Waals surface area contributed by atoms with Crippen molar-refractivity contribution in [2.75, 3.05) is 19.8 Å². The van der Waals surface area contributed by atoms with Gasteiger partial charge in [-0.1, -0.05) is 6.07 Å². The number of rotatable bonds is 9. The predicted molar refractivity (Wildman–Crippen MR) is 98.8 cm³/mol. The number of halogens is 1. The number of nitrogens with zero attached hydrogens (tertiary/aromatic N) is 1. The van der Waals surface area contributed by atoms with Crippen LogP contribution in [0.5, 0.6) is 11.5 Å². The van der Waals surface area contributed by atoms with Crippen LogP contribution in [0.15, 0.2) is 41.3 Å². The third-order valence-corrected chi connectivity index (χ3v) is 5.14. The summed E-state index contributed by atoms with van der Waals surface area (Å²) in [5.41, 5.74) is 0.562. The maximum atomic E-state index is 13.4. The molecule has 2 aromatic carbocycles. The molecule has 0 heterocycles. The van der Waals surface area contributed by atoms with Crippen LogP contribution in [0.4, 0.5) is 4.39 Å². The molecular weight excluding hydrogens is 371 g/mol. The van der Waals surface area contributed by atoms with Crippen molar-refractivity contribution in [2.45, 2.75) is 25.2 Å². The fourth-order valence-corrected chi connectivity index (χ4v) is 3.48. The molecule has 0 unspecified atom stereocenters.